The van der Waals surface area contributed by atoms with Gasteiger partial charge in [-0.05, 0) is 73.8 Å². The normalized spacial score (nSPS) is 16.0. The number of hydrogen-bond donors (Lipinski definition) is 2. The summed E-state index contributed by atoms with van der Waals surface area (Å²) in [4.78, 5) is 0. The van der Waals surface area contributed by atoms with E-state index < -0.39 is 0 Å². The highest BCUT2D eigenvalue weighted by atomic mass is 16.5. The molecule has 0 spiro atoms. The van der Waals surface area contributed by atoms with E-state index >= 15 is 0 Å². The monoisotopic (exact) mass is 268 g/mol. The molecule has 0 radical (unpaired) electrons. The predicted octanol–water partition coefficient (Wildman–Crippen LogP) is 3.53. The summed E-state index contributed by atoms with van der Waals surface area (Å²) in [6, 6.07) is 15.9. The Balaban J connectivity index is 1.75. The van der Waals surface area contributed by atoms with Gasteiger partial charge in [-0.15, -0.1) is 0 Å². The summed E-state index contributed by atoms with van der Waals surface area (Å²) < 4.78 is 5.89. The van der Waals surface area contributed by atoms with Gasteiger partial charge in [-0.3, -0.25) is 0 Å². The maximum atomic E-state index is 5.89. The van der Waals surface area contributed by atoms with Crippen molar-refractivity contribution >= 4 is 5.69 Å². The Labute approximate surface area is 119 Å². The summed E-state index contributed by atoms with van der Waals surface area (Å²) in [5.41, 5.74) is 7.81. The van der Waals surface area contributed by atoms with Crippen LogP contribution in [0.15, 0.2) is 48.5 Å². The molecule has 20 heavy (non-hydrogen) atoms. The maximum absolute atomic E-state index is 5.89. The molecule has 3 N–H and O–H groups in total. The van der Waals surface area contributed by atoms with E-state index in [-0.39, 0.29) is 0 Å². The van der Waals surface area contributed by atoms with Crippen LogP contribution in [0.25, 0.3) is 0 Å². The molecule has 1 aliphatic rings. The number of hydrogen-bond acceptors (Lipinski definition) is 3. The second kappa shape index (κ2) is 5.97. The van der Waals surface area contributed by atoms with Crippen LogP contribution in [0, 0.1) is 0 Å². The SMILES string of the molecule is Nc1ccc(Oc2cccc(C3CCNCC3)c2)cc1. The zero-order chi connectivity index (χ0) is 13.8. The van der Waals surface area contributed by atoms with Crippen LogP contribution in [0.2, 0.25) is 0 Å². The Morgan fingerprint density at radius 3 is 2.45 bits per heavy atom. The van der Waals surface area contributed by atoms with Crippen LogP contribution in [-0.2, 0) is 0 Å². The van der Waals surface area contributed by atoms with E-state index in [4.69, 9.17) is 10.5 Å². The Hall–Kier alpha value is -2.00. The van der Waals surface area contributed by atoms with Crippen molar-refractivity contribution < 1.29 is 4.74 Å². The van der Waals surface area contributed by atoms with Crippen molar-refractivity contribution in [3.8, 4) is 11.5 Å². The Morgan fingerprint density at radius 1 is 0.950 bits per heavy atom. The number of benzene rings is 2. The van der Waals surface area contributed by atoms with Gasteiger partial charge >= 0.3 is 0 Å². The molecule has 0 aromatic heterocycles. The molecule has 2 aromatic rings. The van der Waals surface area contributed by atoms with Crippen LogP contribution in [0.3, 0.4) is 0 Å². The zero-order valence-corrected chi connectivity index (χ0v) is 11.5. The van der Waals surface area contributed by atoms with Gasteiger partial charge in [-0.1, -0.05) is 12.1 Å². The Morgan fingerprint density at radius 2 is 1.70 bits per heavy atom. The van der Waals surface area contributed by atoms with Crippen LogP contribution in [-0.4, -0.2) is 13.1 Å². The highest BCUT2D eigenvalue weighted by Crippen LogP contribution is 2.29. The molecule has 3 rings (SSSR count). The van der Waals surface area contributed by atoms with Gasteiger partial charge in [0.15, 0.2) is 0 Å². The number of rotatable bonds is 3. The van der Waals surface area contributed by atoms with E-state index in [1.807, 2.05) is 30.3 Å². The summed E-state index contributed by atoms with van der Waals surface area (Å²) in [6.45, 7) is 2.21. The molecule has 0 unspecified atom stereocenters. The second-order valence-corrected chi connectivity index (χ2v) is 5.27. The van der Waals surface area contributed by atoms with Crippen molar-refractivity contribution in [3.05, 3.63) is 54.1 Å². The second-order valence-electron chi connectivity index (χ2n) is 5.27. The van der Waals surface area contributed by atoms with Crippen molar-refractivity contribution in [2.75, 3.05) is 18.8 Å². The fourth-order valence-electron chi connectivity index (χ4n) is 2.66. The van der Waals surface area contributed by atoms with Gasteiger partial charge in [-0.25, -0.2) is 0 Å². The lowest BCUT2D eigenvalue weighted by Gasteiger charge is -2.23. The zero-order valence-electron chi connectivity index (χ0n) is 11.5. The van der Waals surface area contributed by atoms with E-state index in [0.29, 0.717) is 5.92 Å². The first-order valence-electron chi connectivity index (χ1n) is 7.15. The lowest BCUT2D eigenvalue weighted by atomic mass is 9.90. The minimum absolute atomic E-state index is 0.645. The minimum Gasteiger partial charge on any atom is -0.457 e. The van der Waals surface area contributed by atoms with Crippen molar-refractivity contribution in [2.24, 2.45) is 0 Å². The number of nitrogen functional groups attached to an aromatic ring is 1. The largest absolute Gasteiger partial charge is 0.457 e. The van der Waals surface area contributed by atoms with Gasteiger partial charge in [0.25, 0.3) is 0 Å². The van der Waals surface area contributed by atoms with Gasteiger partial charge in [-0.2, -0.15) is 0 Å². The third-order valence-electron chi connectivity index (χ3n) is 3.78. The van der Waals surface area contributed by atoms with Gasteiger partial charge in [0, 0.05) is 5.69 Å². The molecule has 0 bridgehead atoms. The molecular weight excluding hydrogens is 248 g/mol. The molecular formula is C17H20N2O. The van der Waals surface area contributed by atoms with Crippen LogP contribution in [0.4, 0.5) is 5.69 Å². The standard InChI is InChI=1S/C17H20N2O/c18-15-4-6-16(7-5-15)20-17-3-1-2-14(12-17)13-8-10-19-11-9-13/h1-7,12-13,19H,8-11,18H2. The molecule has 1 aliphatic heterocycles. The fourth-order valence-corrected chi connectivity index (χ4v) is 2.66. The van der Waals surface area contributed by atoms with Gasteiger partial charge in [0.2, 0.25) is 0 Å². The third kappa shape index (κ3) is 3.11. The molecule has 1 fully saturated rings. The summed E-state index contributed by atoms with van der Waals surface area (Å²) >= 11 is 0. The van der Waals surface area contributed by atoms with Crippen molar-refractivity contribution in [3.63, 3.8) is 0 Å². The van der Waals surface area contributed by atoms with E-state index in [1.165, 1.54) is 18.4 Å². The highest BCUT2D eigenvalue weighted by molar-refractivity contribution is 5.43. The molecule has 0 atom stereocenters. The number of nitrogens with one attached hydrogen (secondary N) is 1. The molecule has 1 saturated heterocycles. The lowest BCUT2D eigenvalue weighted by molar-refractivity contribution is 0.454. The third-order valence-corrected chi connectivity index (χ3v) is 3.78. The molecule has 3 heteroatoms. The average molecular weight is 268 g/mol. The van der Waals surface area contributed by atoms with Crippen molar-refractivity contribution in [1.29, 1.82) is 0 Å². The van der Waals surface area contributed by atoms with Crippen LogP contribution < -0.4 is 15.8 Å². The first-order valence-corrected chi connectivity index (χ1v) is 7.15. The first kappa shape index (κ1) is 13.0. The summed E-state index contributed by atoms with van der Waals surface area (Å²) in [5, 5.41) is 3.40. The summed E-state index contributed by atoms with van der Waals surface area (Å²) in [6.07, 6.45) is 2.40. The van der Waals surface area contributed by atoms with Crippen LogP contribution in [0.5, 0.6) is 11.5 Å². The highest BCUT2D eigenvalue weighted by Gasteiger charge is 2.15. The molecule has 1 heterocycles. The van der Waals surface area contributed by atoms with E-state index in [1.54, 1.807) is 0 Å². The van der Waals surface area contributed by atoms with Gasteiger partial charge < -0.3 is 15.8 Å². The number of nitrogens with two attached hydrogens (primary N) is 1. The van der Waals surface area contributed by atoms with Crippen molar-refractivity contribution in [2.45, 2.75) is 18.8 Å². The number of ether oxygens (including phenoxy) is 1. The number of anilines is 1. The molecule has 2 aromatic carbocycles. The topological polar surface area (TPSA) is 47.3 Å². The predicted molar refractivity (Wildman–Crippen MR) is 82.2 cm³/mol. The molecule has 0 aliphatic carbocycles. The Bertz CT molecular complexity index is 559. The lowest BCUT2D eigenvalue weighted by Crippen LogP contribution is -2.26. The van der Waals surface area contributed by atoms with Crippen LogP contribution >= 0.6 is 0 Å². The molecule has 3 nitrogen and oxygen atoms in total. The molecule has 104 valence electrons. The molecule has 0 saturated carbocycles. The minimum atomic E-state index is 0.645. The average Bonchev–Trinajstić information content (AvgIpc) is 2.51. The first-order chi connectivity index (χ1) is 9.81. The summed E-state index contributed by atoms with van der Waals surface area (Å²) in [5.74, 6) is 2.36. The smallest absolute Gasteiger partial charge is 0.127 e. The summed E-state index contributed by atoms with van der Waals surface area (Å²) in [7, 11) is 0. The van der Waals surface area contributed by atoms with Gasteiger partial charge in [0.05, 0.1) is 0 Å². The molecule has 0 amide bonds. The number of piperidine rings is 1. The Kier molecular flexibility index (Phi) is 3.88. The van der Waals surface area contributed by atoms with E-state index in [2.05, 4.69) is 23.5 Å². The fraction of sp³-hybridized carbons (Fsp3) is 0.294. The van der Waals surface area contributed by atoms with Crippen LogP contribution in [0.1, 0.15) is 24.3 Å². The quantitative estimate of drug-likeness (QED) is 0.837. The van der Waals surface area contributed by atoms with Gasteiger partial charge in [0.1, 0.15) is 11.5 Å². The van der Waals surface area contributed by atoms with E-state index in [0.717, 1.165) is 30.3 Å². The van der Waals surface area contributed by atoms with E-state index in [9.17, 15) is 0 Å². The maximum Gasteiger partial charge on any atom is 0.127 e. The van der Waals surface area contributed by atoms with Crippen molar-refractivity contribution in [1.82, 2.24) is 5.32 Å².